The Labute approximate surface area is 119 Å². The molecule has 15 heavy (non-hydrogen) atoms. The van der Waals surface area contributed by atoms with Crippen molar-refractivity contribution >= 4 is 43.7 Å². The van der Waals surface area contributed by atoms with Gasteiger partial charge in [0, 0.05) is 37.7 Å². The quantitative estimate of drug-likeness (QED) is 0.492. The minimum absolute atomic E-state index is 0. The van der Waals surface area contributed by atoms with Crippen LogP contribution in [0.3, 0.4) is 0 Å². The number of carbonyl (C=O) groups excluding carboxylic acids is 1. The van der Waals surface area contributed by atoms with Crippen LogP contribution >= 0.6 is 0 Å². The fraction of sp³-hybridized carbons (Fsp3) is 0.364. The number of rotatable bonds is 4. The molecule has 1 rings (SSSR count). The predicted octanol–water partition coefficient (Wildman–Crippen LogP) is 1.97. The molecule has 1 aromatic carbocycles. The molecular formula is C11H14CaO3. The van der Waals surface area contributed by atoms with E-state index < -0.39 is 5.97 Å². The number of phenols is 1. The normalized spacial score (nSPS) is 9.13. The summed E-state index contributed by atoms with van der Waals surface area (Å²) in [4.78, 5) is 11.4. The summed E-state index contributed by atoms with van der Waals surface area (Å²) in [6, 6.07) is 6.37. The molecule has 3 nitrogen and oxygen atoms in total. The van der Waals surface area contributed by atoms with Gasteiger partial charge in [0.05, 0.1) is 6.61 Å². The molecule has 4 heteroatoms. The van der Waals surface area contributed by atoms with Crippen molar-refractivity contribution in [1.82, 2.24) is 0 Å². The molecular weight excluding hydrogens is 220 g/mol. The molecule has 2 radical (unpaired) electrons. The van der Waals surface area contributed by atoms with E-state index in [9.17, 15) is 9.90 Å². The zero-order valence-electron chi connectivity index (χ0n) is 8.90. The summed E-state index contributed by atoms with van der Waals surface area (Å²) < 4.78 is 4.95. The van der Waals surface area contributed by atoms with Crippen LogP contribution in [0.2, 0.25) is 0 Å². The van der Waals surface area contributed by atoms with Crippen molar-refractivity contribution in [1.29, 1.82) is 0 Å². The smallest absolute Gasteiger partial charge is 0.341 e. The van der Waals surface area contributed by atoms with Gasteiger partial charge in [0.1, 0.15) is 11.3 Å². The second-order valence-corrected chi connectivity index (χ2v) is 3.01. The number of ether oxygens (including phenoxy) is 1. The van der Waals surface area contributed by atoms with Gasteiger partial charge in [-0.25, -0.2) is 4.79 Å². The Morgan fingerprint density at radius 3 is 2.67 bits per heavy atom. The molecule has 0 aromatic heterocycles. The number of esters is 1. The van der Waals surface area contributed by atoms with Crippen molar-refractivity contribution in [2.45, 2.75) is 19.8 Å². The zero-order chi connectivity index (χ0) is 10.4. The number of benzene rings is 1. The molecule has 0 saturated carbocycles. The molecule has 1 N–H and O–H groups in total. The molecule has 0 heterocycles. The summed E-state index contributed by atoms with van der Waals surface area (Å²) in [6.45, 7) is 2.43. The van der Waals surface area contributed by atoms with E-state index in [4.69, 9.17) is 4.74 Å². The monoisotopic (exact) mass is 234 g/mol. The molecule has 0 aliphatic heterocycles. The second kappa shape index (κ2) is 7.97. The maximum atomic E-state index is 11.4. The van der Waals surface area contributed by atoms with E-state index in [1.165, 1.54) is 6.07 Å². The Hall–Kier alpha value is -0.250. The van der Waals surface area contributed by atoms with Gasteiger partial charge < -0.3 is 9.84 Å². The van der Waals surface area contributed by atoms with Crippen molar-refractivity contribution < 1.29 is 14.6 Å². The first-order valence-corrected chi connectivity index (χ1v) is 4.70. The van der Waals surface area contributed by atoms with E-state index in [1.807, 2.05) is 6.92 Å². The molecule has 0 unspecified atom stereocenters. The number of hydrogen-bond donors (Lipinski definition) is 1. The Kier molecular flexibility index (Phi) is 7.83. The maximum absolute atomic E-state index is 11.4. The number of phenolic OH excluding ortho intramolecular Hbond substituents is 1. The third-order valence-electron chi connectivity index (χ3n) is 1.86. The van der Waals surface area contributed by atoms with Crippen LogP contribution < -0.4 is 0 Å². The fourth-order valence-electron chi connectivity index (χ4n) is 1.03. The minimum Gasteiger partial charge on any atom is -0.507 e. The third kappa shape index (κ3) is 4.87. The topological polar surface area (TPSA) is 46.5 Å². The molecule has 0 amide bonds. The maximum Gasteiger partial charge on any atom is 0.341 e. The summed E-state index contributed by atoms with van der Waals surface area (Å²) in [6.07, 6.45) is 1.83. The van der Waals surface area contributed by atoms with Gasteiger partial charge in [0.15, 0.2) is 0 Å². The van der Waals surface area contributed by atoms with Crippen molar-refractivity contribution in [2.24, 2.45) is 0 Å². The minimum atomic E-state index is -0.462. The average Bonchev–Trinajstić information content (AvgIpc) is 2.18. The standard InChI is InChI=1S/C11H14O3.Ca/c1-2-3-8-14-11(13)9-6-4-5-7-10(9)12;/h4-7,12H,2-3,8H2,1H3;. The van der Waals surface area contributed by atoms with Crippen LogP contribution in [-0.2, 0) is 4.74 Å². The van der Waals surface area contributed by atoms with Gasteiger partial charge in [-0.15, -0.1) is 0 Å². The van der Waals surface area contributed by atoms with Crippen LogP contribution in [0.25, 0.3) is 0 Å². The Balaban J connectivity index is 0.00000196. The molecule has 0 atom stereocenters. The van der Waals surface area contributed by atoms with Crippen LogP contribution in [0.5, 0.6) is 5.75 Å². The molecule has 0 bridgehead atoms. The van der Waals surface area contributed by atoms with E-state index in [-0.39, 0.29) is 49.1 Å². The Morgan fingerprint density at radius 1 is 1.40 bits per heavy atom. The summed E-state index contributed by atoms with van der Waals surface area (Å²) >= 11 is 0. The van der Waals surface area contributed by atoms with Crippen LogP contribution in [0.4, 0.5) is 0 Å². The van der Waals surface area contributed by atoms with E-state index in [1.54, 1.807) is 18.2 Å². The molecule has 78 valence electrons. The van der Waals surface area contributed by atoms with Crippen molar-refractivity contribution in [3.63, 3.8) is 0 Å². The molecule has 0 aliphatic rings. The summed E-state index contributed by atoms with van der Waals surface area (Å²) in [5.41, 5.74) is 0.226. The molecule has 0 fully saturated rings. The van der Waals surface area contributed by atoms with E-state index >= 15 is 0 Å². The first-order chi connectivity index (χ1) is 6.75. The number of carbonyl (C=O) groups is 1. The van der Waals surface area contributed by atoms with E-state index in [2.05, 4.69) is 0 Å². The SMILES string of the molecule is CCCCOC(=O)c1ccccc1O.[Ca]. The summed E-state index contributed by atoms with van der Waals surface area (Å²) in [5, 5.41) is 9.34. The number of hydrogen-bond acceptors (Lipinski definition) is 3. The predicted molar refractivity (Wildman–Crippen MR) is 59.1 cm³/mol. The van der Waals surface area contributed by atoms with Gasteiger partial charge in [-0.1, -0.05) is 25.5 Å². The Bertz CT molecular complexity index is 312. The average molecular weight is 234 g/mol. The van der Waals surface area contributed by atoms with Gasteiger partial charge >= 0.3 is 5.97 Å². The molecule has 0 spiro atoms. The Morgan fingerprint density at radius 2 is 2.07 bits per heavy atom. The zero-order valence-corrected chi connectivity index (χ0v) is 11.1. The van der Waals surface area contributed by atoms with Crippen LogP contribution in [0, 0.1) is 0 Å². The second-order valence-electron chi connectivity index (χ2n) is 3.01. The van der Waals surface area contributed by atoms with E-state index in [0.717, 1.165) is 12.8 Å². The van der Waals surface area contributed by atoms with Gasteiger partial charge in [-0.05, 0) is 18.6 Å². The number of unbranched alkanes of at least 4 members (excludes halogenated alkanes) is 1. The van der Waals surface area contributed by atoms with Crippen LogP contribution in [-0.4, -0.2) is 55.4 Å². The van der Waals surface area contributed by atoms with Gasteiger partial charge in [0.25, 0.3) is 0 Å². The van der Waals surface area contributed by atoms with E-state index in [0.29, 0.717) is 6.61 Å². The van der Waals surface area contributed by atoms with Crippen molar-refractivity contribution in [2.75, 3.05) is 6.61 Å². The van der Waals surface area contributed by atoms with Crippen LogP contribution in [0.1, 0.15) is 30.1 Å². The first-order valence-electron chi connectivity index (χ1n) is 4.70. The largest absolute Gasteiger partial charge is 0.507 e. The summed E-state index contributed by atoms with van der Waals surface area (Å²) in [7, 11) is 0. The van der Waals surface area contributed by atoms with Gasteiger partial charge in [-0.2, -0.15) is 0 Å². The first kappa shape index (κ1) is 14.7. The molecule has 0 saturated heterocycles. The number of para-hydroxylation sites is 1. The fourth-order valence-corrected chi connectivity index (χ4v) is 1.03. The number of aromatic hydroxyl groups is 1. The molecule has 1 aromatic rings. The van der Waals surface area contributed by atoms with Gasteiger partial charge in [-0.3, -0.25) is 0 Å². The van der Waals surface area contributed by atoms with Crippen molar-refractivity contribution in [3.05, 3.63) is 29.8 Å². The van der Waals surface area contributed by atoms with Gasteiger partial charge in [0.2, 0.25) is 0 Å². The van der Waals surface area contributed by atoms with Crippen molar-refractivity contribution in [3.8, 4) is 5.75 Å². The summed E-state index contributed by atoms with van der Waals surface area (Å²) in [5.74, 6) is -0.495. The molecule has 0 aliphatic carbocycles. The van der Waals surface area contributed by atoms with Crippen LogP contribution in [0.15, 0.2) is 24.3 Å². The third-order valence-corrected chi connectivity index (χ3v) is 1.86.